The molecule has 0 aliphatic rings. The van der Waals surface area contributed by atoms with Gasteiger partial charge in [-0.05, 0) is 24.6 Å². The van der Waals surface area contributed by atoms with Crippen molar-refractivity contribution in [2.75, 3.05) is 7.11 Å². The summed E-state index contributed by atoms with van der Waals surface area (Å²) in [5, 5.41) is 0. The molecule has 0 aliphatic heterocycles. The third kappa shape index (κ3) is 4.01. The van der Waals surface area contributed by atoms with Gasteiger partial charge in [-0.25, -0.2) is 9.78 Å². The molecular weight excluding hydrogens is 438 g/mol. The summed E-state index contributed by atoms with van der Waals surface area (Å²) in [6.45, 7) is 2.94. The van der Waals surface area contributed by atoms with Crippen molar-refractivity contribution in [3.05, 3.63) is 95.7 Å². The van der Waals surface area contributed by atoms with Gasteiger partial charge < -0.3 is 9.30 Å². The van der Waals surface area contributed by atoms with Crippen molar-refractivity contribution >= 4 is 28.6 Å². The van der Waals surface area contributed by atoms with Gasteiger partial charge in [0.1, 0.15) is 11.4 Å². The number of esters is 1. The van der Waals surface area contributed by atoms with E-state index in [4.69, 9.17) is 9.72 Å². The Morgan fingerprint density at radius 1 is 0.857 bits per heavy atom. The second-order valence-electron chi connectivity index (χ2n) is 8.56. The van der Waals surface area contributed by atoms with Gasteiger partial charge in [-0.1, -0.05) is 80.4 Å². The van der Waals surface area contributed by atoms with Crippen molar-refractivity contribution in [3.8, 4) is 11.3 Å². The molecule has 0 atom stereocenters. The summed E-state index contributed by atoms with van der Waals surface area (Å²) in [5.74, 6) is 0.155. The minimum atomic E-state index is -0.418. The molecule has 0 radical (unpaired) electrons. The van der Waals surface area contributed by atoms with Gasteiger partial charge in [0.25, 0.3) is 0 Å². The van der Waals surface area contributed by atoms with Crippen LogP contribution in [0, 0.1) is 0 Å². The lowest BCUT2D eigenvalue weighted by atomic mass is 10.0. The molecule has 6 nitrogen and oxygen atoms in total. The Labute approximate surface area is 203 Å². The molecule has 0 spiro atoms. The molecule has 0 unspecified atom stereocenters. The number of methoxy groups -OCH3 is 1. The first-order chi connectivity index (χ1) is 17.1. The molecule has 176 valence electrons. The number of carbonyl (C=O) groups is 2. The monoisotopic (exact) mass is 465 g/mol. The average Bonchev–Trinajstić information content (AvgIpc) is 3.44. The average molecular weight is 466 g/mol. The summed E-state index contributed by atoms with van der Waals surface area (Å²) in [7, 11) is 1.37. The topological polar surface area (TPSA) is 65.6 Å². The fourth-order valence-electron chi connectivity index (χ4n) is 4.57. The number of hydrogen-bond acceptors (Lipinski definition) is 4. The van der Waals surface area contributed by atoms with E-state index in [1.165, 1.54) is 7.11 Å². The van der Waals surface area contributed by atoms with Gasteiger partial charge in [-0.15, -0.1) is 0 Å². The first kappa shape index (κ1) is 22.6. The maximum atomic E-state index is 13.9. The number of aryl methyl sites for hydroxylation is 1. The Kier molecular flexibility index (Phi) is 6.19. The van der Waals surface area contributed by atoms with Gasteiger partial charge in [0.05, 0.1) is 23.7 Å². The SMILES string of the molecule is CCCCCn1c2ccc(C(=O)OC)cc2n2c(C(=O)c3ccccc3)c(-c3ccccc3)nc12. The van der Waals surface area contributed by atoms with E-state index in [2.05, 4.69) is 11.5 Å². The predicted molar refractivity (Wildman–Crippen MR) is 137 cm³/mol. The first-order valence-electron chi connectivity index (χ1n) is 11.9. The van der Waals surface area contributed by atoms with Crippen LogP contribution in [0.25, 0.3) is 28.1 Å². The molecule has 6 heteroatoms. The number of ether oxygens (including phenoxy) is 1. The lowest BCUT2D eigenvalue weighted by Gasteiger charge is -2.07. The van der Waals surface area contributed by atoms with Crippen molar-refractivity contribution < 1.29 is 14.3 Å². The highest BCUT2D eigenvalue weighted by Gasteiger charge is 2.27. The van der Waals surface area contributed by atoms with Crippen LogP contribution in [0.2, 0.25) is 0 Å². The van der Waals surface area contributed by atoms with E-state index in [-0.39, 0.29) is 5.78 Å². The standard InChI is InChI=1S/C29H27N3O3/c1-3-4-11-18-31-23-17-16-22(28(34)35-2)19-24(23)32-26(27(33)21-14-9-6-10-15-21)25(30-29(31)32)20-12-7-5-8-13-20/h5-10,12-17,19H,3-4,11,18H2,1-2H3. The lowest BCUT2D eigenvalue weighted by Crippen LogP contribution is -2.07. The number of unbranched alkanes of at least 4 members (excludes halogenated alkanes) is 2. The number of carbonyl (C=O) groups excluding carboxylic acids is 2. The van der Waals surface area contributed by atoms with Crippen LogP contribution < -0.4 is 0 Å². The second-order valence-corrected chi connectivity index (χ2v) is 8.56. The first-order valence-corrected chi connectivity index (χ1v) is 11.9. The smallest absolute Gasteiger partial charge is 0.337 e. The summed E-state index contributed by atoms with van der Waals surface area (Å²) in [6, 6.07) is 24.5. The van der Waals surface area contributed by atoms with Crippen molar-refractivity contribution in [1.29, 1.82) is 0 Å². The van der Waals surface area contributed by atoms with Crippen LogP contribution in [0.3, 0.4) is 0 Å². The summed E-state index contributed by atoms with van der Waals surface area (Å²) >= 11 is 0. The van der Waals surface area contributed by atoms with E-state index in [0.29, 0.717) is 28.3 Å². The van der Waals surface area contributed by atoms with Crippen LogP contribution in [0.5, 0.6) is 0 Å². The molecule has 2 heterocycles. The number of hydrogen-bond donors (Lipinski definition) is 0. The number of imidazole rings is 2. The summed E-state index contributed by atoms with van der Waals surface area (Å²) in [5.41, 5.74) is 4.69. The van der Waals surface area contributed by atoms with Crippen LogP contribution >= 0.6 is 0 Å². The van der Waals surface area contributed by atoms with Gasteiger partial charge in [0.15, 0.2) is 0 Å². The number of rotatable bonds is 8. The minimum Gasteiger partial charge on any atom is -0.465 e. The van der Waals surface area contributed by atoms with E-state index in [1.807, 2.05) is 71.1 Å². The molecule has 0 saturated heterocycles. The Balaban J connectivity index is 1.85. The minimum absolute atomic E-state index is 0.118. The third-order valence-corrected chi connectivity index (χ3v) is 6.31. The highest BCUT2D eigenvalue weighted by molar-refractivity contribution is 6.13. The molecule has 0 fully saturated rings. The molecule has 0 amide bonds. The van der Waals surface area contributed by atoms with Gasteiger partial charge >= 0.3 is 5.97 Å². The molecule has 5 aromatic rings. The van der Waals surface area contributed by atoms with Crippen molar-refractivity contribution in [3.63, 3.8) is 0 Å². The fraction of sp³-hybridized carbons (Fsp3) is 0.207. The van der Waals surface area contributed by atoms with Crippen molar-refractivity contribution in [1.82, 2.24) is 14.0 Å². The van der Waals surface area contributed by atoms with Gasteiger partial charge in [-0.2, -0.15) is 0 Å². The Hall–Kier alpha value is -4.19. The summed E-state index contributed by atoms with van der Waals surface area (Å²) in [6.07, 6.45) is 3.18. The van der Waals surface area contributed by atoms with Gasteiger partial charge in [0.2, 0.25) is 11.6 Å². The summed E-state index contributed by atoms with van der Waals surface area (Å²) in [4.78, 5) is 31.3. The number of ketones is 1. The molecule has 5 rings (SSSR count). The molecule has 0 bridgehead atoms. The second kappa shape index (κ2) is 9.58. The van der Waals surface area contributed by atoms with Crippen LogP contribution in [0.15, 0.2) is 78.9 Å². The fourth-order valence-corrected chi connectivity index (χ4v) is 4.57. The molecule has 0 saturated carbocycles. The van der Waals surface area contributed by atoms with E-state index < -0.39 is 5.97 Å². The third-order valence-electron chi connectivity index (χ3n) is 6.31. The Bertz CT molecular complexity index is 1520. The largest absolute Gasteiger partial charge is 0.465 e. The van der Waals surface area contributed by atoms with Crippen LogP contribution in [-0.4, -0.2) is 32.8 Å². The maximum Gasteiger partial charge on any atom is 0.337 e. The van der Waals surface area contributed by atoms with E-state index in [0.717, 1.165) is 42.4 Å². The molecule has 2 aromatic heterocycles. The Morgan fingerprint density at radius 3 is 2.26 bits per heavy atom. The molecule has 0 N–H and O–H groups in total. The van der Waals surface area contributed by atoms with Crippen LogP contribution in [-0.2, 0) is 11.3 Å². The van der Waals surface area contributed by atoms with E-state index in [1.54, 1.807) is 12.1 Å². The predicted octanol–water partition coefficient (Wildman–Crippen LogP) is 6.16. The number of fused-ring (bicyclic) bond motifs is 3. The van der Waals surface area contributed by atoms with Crippen LogP contribution in [0.4, 0.5) is 0 Å². The number of aromatic nitrogens is 3. The van der Waals surface area contributed by atoms with Crippen LogP contribution in [0.1, 0.15) is 52.6 Å². The highest BCUT2D eigenvalue weighted by Crippen LogP contribution is 2.32. The maximum absolute atomic E-state index is 13.9. The number of benzene rings is 3. The zero-order valence-electron chi connectivity index (χ0n) is 19.9. The van der Waals surface area contributed by atoms with E-state index >= 15 is 0 Å². The zero-order valence-corrected chi connectivity index (χ0v) is 19.9. The molecule has 3 aromatic carbocycles. The Morgan fingerprint density at radius 2 is 1.57 bits per heavy atom. The normalized spacial score (nSPS) is 11.3. The van der Waals surface area contributed by atoms with Gasteiger partial charge in [-0.3, -0.25) is 9.20 Å². The number of nitrogens with zero attached hydrogens (tertiary/aromatic N) is 3. The quantitative estimate of drug-likeness (QED) is 0.156. The van der Waals surface area contributed by atoms with Crippen molar-refractivity contribution in [2.24, 2.45) is 0 Å². The highest BCUT2D eigenvalue weighted by atomic mass is 16.5. The summed E-state index contributed by atoms with van der Waals surface area (Å²) < 4.78 is 9.03. The van der Waals surface area contributed by atoms with Gasteiger partial charge in [0, 0.05) is 17.7 Å². The van der Waals surface area contributed by atoms with Crippen molar-refractivity contribution in [2.45, 2.75) is 32.7 Å². The molecule has 0 aliphatic carbocycles. The van der Waals surface area contributed by atoms with E-state index in [9.17, 15) is 9.59 Å². The lowest BCUT2D eigenvalue weighted by molar-refractivity contribution is 0.0600. The molecule has 35 heavy (non-hydrogen) atoms. The zero-order chi connectivity index (χ0) is 24.4. The molecular formula is C29H27N3O3.